The van der Waals surface area contributed by atoms with Crippen molar-refractivity contribution in [1.82, 2.24) is 15.1 Å². The fourth-order valence-corrected chi connectivity index (χ4v) is 7.19. The molecule has 0 saturated carbocycles. The van der Waals surface area contributed by atoms with Crippen LogP contribution in [0.15, 0.2) is 48.5 Å². The monoisotopic (exact) mass is 725 g/mol. The summed E-state index contributed by atoms with van der Waals surface area (Å²) in [7, 11) is 0. The molecule has 0 bridgehead atoms. The summed E-state index contributed by atoms with van der Waals surface area (Å²) in [5, 5.41) is 5.52. The van der Waals surface area contributed by atoms with Gasteiger partial charge in [0.25, 0.3) is 0 Å². The van der Waals surface area contributed by atoms with Crippen LogP contribution in [-0.4, -0.2) is 71.5 Å². The van der Waals surface area contributed by atoms with Crippen molar-refractivity contribution in [2.75, 3.05) is 49.9 Å². The fourth-order valence-electron chi connectivity index (χ4n) is 5.88. The van der Waals surface area contributed by atoms with Crippen LogP contribution in [0.2, 0.25) is 0 Å². The van der Waals surface area contributed by atoms with Gasteiger partial charge in [-0.15, -0.1) is 0 Å². The van der Waals surface area contributed by atoms with Gasteiger partial charge < -0.3 is 10.2 Å². The summed E-state index contributed by atoms with van der Waals surface area (Å²) in [6.45, 7) is 5.54. The van der Waals surface area contributed by atoms with Gasteiger partial charge in [0.1, 0.15) is 11.6 Å². The lowest BCUT2D eigenvalue weighted by atomic mass is 9.89. The molecular weight excluding hydrogens is 680 g/mol. The maximum atomic E-state index is 13.4. The quantitative estimate of drug-likeness (QED) is 0.223. The zero-order chi connectivity index (χ0) is 30.9. The van der Waals surface area contributed by atoms with Crippen LogP contribution in [0.1, 0.15) is 87.2 Å². The molecule has 0 unspecified atom stereocenters. The minimum Gasteiger partial charge on any atom is -0.317 e. The molecule has 3 heterocycles. The molecule has 9 heteroatoms. The molecule has 2 amide bonds. The second-order valence-electron chi connectivity index (χ2n) is 11.5. The molecule has 0 aromatic heterocycles. The highest BCUT2D eigenvalue weighted by atomic mass is 79.9. The summed E-state index contributed by atoms with van der Waals surface area (Å²) < 4.78 is 26.3. The number of piperidine rings is 2. The van der Waals surface area contributed by atoms with Gasteiger partial charge >= 0.3 is 0 Å². The first kappa shape index (κ1) is 35.8. The van der Waals surface area contributed by atoms with Gasteiger partial charge in [-0.3, -0.25) is 14.5 Å². The zero-order valence-electron chi connectivity index (χ0n) is 25.2. The van der Waals surface area contributed by atoms with Gasteiger partial charge in [0.05, 0.1) is 0 Å². The molecule has 0 atom stereocenters. The van der Waals surface area contributed by atoms with Gasteiger partial charge in [-0.05, 0) is 131 Å². The number of hydrogen-bond acceptors (Lipinski definition) is 4. The Morgan fingerprint density at radius 2 is 1.23 bits per heavy atom. The molecule has 0 spiro atoms. The van der Waals surface area contributed by atoms with Gasteiger partial charge in [0.15, 0.2) is 0 Å². The van der Waals surface area contributed by atoms with Crippen LogP contribution in [0.4, 0.5) is 8.78 Å². The second kappa shape index (κ2) is 20.4. The molecule has 1 N–H and O–H groups in total. The number of alkyl halides is 2. The lowest BCUT2D eigenvalue weighted by Gasteiger charge is -2.32. The Morgan fingerprint density at radius 3 is 1.70 bits per heavy atom. The van der Waals surface area contributed by atoms with Crippen LogP contribution >= 0.6 is 31.9 Å². The molecule has 3 aliphatic heterocycles. The number of rotatable bonds is 8. The SMILES string of the molecule is BrCCCBr.Fc1cccc(C2CCNCC2)c1.O=C1CCCCC(=O)N1CCCN1CCC(c2cccc(F)c2)CC1. The topological polar surface area (TPSA) is 52.7 Å². The molecule has 3 aliphatic rings. The first-order valence-electron chi connectivity index (χ1n) is 15.8. The Bertz CT molecular complexity index is 1090. The van der Waals surface area contributed by atoms with Crippen molar-refractivity contribution in [3.63, 3.8) is 0 Å². The maximum Gasteiger partial charge on any atom is 0.229 e. The van der Waals surface area contributed by atoms with Crippen LogP contribution in [0.5, 0.6) is 0 Å². The Morgan fingerprint density at radius 1 is 0.721 bits per heavy atom. The van der Waals surface area contributed by atoms with E-state index in [0.717, 1.165) is 99.5 Å². The van der Waals surface area contributed by atoms with E-state index in [1.807, 2.05) is 12.1 Å². The van der Waals surface area contributed by atoms with Gasteiger partial charge in [-0.1, -0.05) is 56.1 Å². The molecule has 2 aromatic carbocycles. The number of nitrogens with one attached hydrogen (secondary N) is 1. The van der Waals surface area contributed by atoms with Crippen LogP contribution in [0.25, 0.3) is 0 Å². The van der Waals surface area contributed by atoms with Crippen molar-refractivity contribution < 1.29 is 18.4 Å². The molecule has 0 radical (unpaired) electrons. The van der Waals surface area contributed by atoms with E-state index in [0.29, 0.717) is 31.2 Å². The normalized spacial score (nSPS) is 18.7. The Kier molecular flexibility index (Phi) is 17.0. The number of nitrogens with zero attached hydrogens (tertiary/aromatic N) is 2. The molecular formula is C34H47Br2F2N3O2. The standard InChI is InChI=1S/C20H27FN2O2.C11H14FN.C3H6Br2/c21-18-6-3-5-17(15-18)16-9-13-22(14-10-16)11-4-12-23-19(24)7-1-2-8-20(23)25;12-11-3-1-2-10(8-11)9-4-6-13-7-5-9;4-2-1-3-5/h3,5-6,15-16H,1-2,4,7-14H2;1-3,8-9,13H,4-7H2;1-3H2. The zero-order valence-corrected chi connectivity index (χ0v) is 28.4. The fraction of sp³-hybridized carbons (Fsp3) is 0.588. The summed E-state index contributed by atoms with van der Waals surface area (Å²) in [5.41, 5.74) is 2.25. The van der Waals surface area contributed by atoms with E-state index in [4.69, 9.17) is 0 Å². The van der Waals surface area contributed by atoms with Crippen molar-refractivity contribution >= 4 is 43.7 Å². The van der Waals surface area contributed by atoms with E-state index in [2.05, 4.69) is 42.1 Å². The third-order valence-corrected chi connectivity index (χ3v) is 9.45. The third kappa shape index (κ3) is 13.1. The van der Waals surface area contributed by atoms with E-state index in [9.17, 15) is 18.4 Å². The number of carbonyl (C=O) groups excluding carboxylic acids is 2. The molecule has 5 nitrogen and oxygen atoms in total. The number of halogens is 4. The van der Waals surface area contributed by atoms with Crippen molar-refractivity contribution in [3.05, 3.63) is 71.3 Å². The van der Waals surface area contributed by atoms with Crippen molar-refractivity contribution in [2.24, 2.45) is 0 Å². The molecule has 0 aliphatic carbocycles. The number of amides is 2. The molecule has 238 valence electrons. The van der Waals surface area contributed by atoms with Crippen LogP contribution in [0.3, 0.4) is 0 Å². The predicted octanol–water partition coefficient (Wildman–Crippen LogP) is 7.78. The minimum atomic E-state index is -0.160. The van der Waals surface area contributed by atoms with E-state index in [1.54, 1.807) is 24.3 Å². The Hall–Kier alpha value is -1.68. The van der Waals surface area contributed by atoms with Gasteiger partial charge in [-0.2, -0.15) is 0 Å². The molecule has 5 rings (SSSR count). The first-order valence-corrected chi connectivity index (χ1v) is 18.0. The van der Waals surface area contributed by atoms with E-state index >= 15 is 0 Å². The summed E-state index contributed by atoms with van der Waals surface area (Å²) in [4.78, 5) is 27.8. The summed E-state index contributed by atoms with van der Waals surface area (Å²) in [6.07, 6.45) is 9.05. The lowest BCUT2D eigenvalue weighted by molar-refractivity contribution is -0.143. The molecule has 2 aromatic rings. The Labute approximate surface area is 273 Å². The number of carbonyl (C=O) groups is 2. The van der Waals surface area contributed by atoms with Gasteiger partial charge in [-0.25, -0.2) is 8.78 Å². The van der Waals surface area contributed by atoms with E-state index < -0.39 is 0 Å². The average Bonchev–Trinajstić information content (AvgIpc) is 3.18. The lowest BCUT2D eigenvalue weighted by Crippen LogP contribution is -2.39. The summed E-state index contributed by atoms with van der Waals surface area (Å²) in [6, 6.07) is 13.9. The largest absolute Gasteiger partial charge is 0.317 e. The third-order valence-electron chi connectivity index (χ3n) is 8.32. The number of likely N-dealkylation sites (tertiary alicyclic amines) is 2. The van der Waals surface area contributed by atoms with E-state index in [-0.39, 0.29) is 23.4 Å². The highest BCUT2D eigenvalue weighted by Gasteiger charge is 2.25. The highest BCUT2D eigenvalue weighted by molar-refractivity contribution is 9.09. The summed E-state index contributed by atoms with van der Waals surface area (Å²) in [5.74, 6) is 0.694. The maximum absolute atomic E-state index is 13.4. The van der Waals surface area contributed by atoms with Crippen molar-refractivity contribution in [3.8, 4) is 0 Å². The van der Waals surface area contributed by atoms with Crippen LogP contribution in [0, 0.1) is 11.6 Å². The Balaban J connectivity index is 0.000000233. The highest BCUT2D eigenvalue weighted by Crippen LogP contribution is 2.28. The van der Waals surface area contributed by atoms with E-state index in [1.165, 1.54) is 23.5 Å². The van der Waals surface area contributed by atoms with Crippen molar-refractivity contribution in [2.45, 2.75) is 76.0 Å². The minimum absolute atomic E-state index is 0.00712. The van der Waals surface area contributed by atoms with Gasteiger partial charge in [0.2, 0.25) is 11.8 Å². The predicted molar refractivity (Wildman–Crippen MR) is 178 cm³/mol. The number of hydrogen-bond donors (Lipinski definition) is 1. The number of imide groups is 1. The number of benzene rings is 2. The smallest absolute Gasteiger partial charge is 0.229 e. The van der Waals surface area contributed by atoms with Crippen molar-refractivity contribution in [1.29, 1.82) is 0 Å². The summed E-state index contributed by atoms with van der Waals surface area (Å²) >= 11 is 6.56. The first-order chi connectivity index (χ1) is 20.9. The molecule has 3 saturated heterocycles. The molecule has 3 fully saturated rings. The second-order valence-corrected chi connectivity index (χ2v) is 13.1. The van der Waals surface area contributed by atoms with Crippen LogP contribution < -0.4 is 5.32 Å². The van der Waals surface area contributed by atoms with Crippen LogP contribution in [-0.2, 0) is 9.59 Å². The molecule has 43 heavy (non-hydrogen) atoms. The average molecular weight is 728 g/mol. The van der Waals surface area contributed by atoms with Gasteiger partial charge in [0, 0.05) is 30.0 Å².